The molecule has 0 spiro atoms. The zero-order valence-corrected chi connectivity index (χ0v) is 11.7. The van der Waals surface area contributed by atoms with Gasteiger partial charge in [0.05, 0.1) is 11.0 Å². The summed E-state index contributed by atoms with van der Waals surface area (Å²) in [6, 6.07) is 4.96. The molecule has 0 radical (unpaired) electrons. The minimum atomic E-state index is -0.404. The number of benzene rings is 1. The summed E-state index contributed by atoms with van der Waals surface area (Å²) < 4.78 is 5.30. The van der Waals surface area contributed by atoms with Crippen molar-refractivity contribution in [2.45, 2.75) is 32.2 Å². The molecule has 2 aromatic rings. The van der Waals surface area contributed by atoms with Gasteiger partial charge in [0.25, 0.3) is 11.6 Å². The van der Waals surface area contributed by atoms with Crippen LogP contribution in [0, 0.1) is 17.0 Å². The van der Waals surface area contributed by atoms with Gasteiger partial charge in [-0.25, -0.2) is 0 Å². The second-order valence-corrected chi connectivity index (χ2v) is 5.17. The van der Waals surface area contributed by atoms with E-state index in [1.54, 1.807) is 19.1 Å². The molecule has 7 nitrogen and oxygen atoms in total. The summed E-state index contributed by atoms with van der Waals surface area (Å²) in [5, 5.41) is 18.4. The van der Waals surface area contributed by atoms with Gasteiger partial charge in [0.2, 0.25) is 0 Å². The zero-order valence-electron chi connectivity index (χ0n) is 11.7. The van der Waals surface area contributed by atoms with Gasteiger partial charge in [-0.15, -0.1) is 0 Å². The number of hydrogen-bond donors (Lipinski definition) is 1. The Morgan fingerprint density at radius 1 is 1.43 bits per heavy atom. The van der Waals surface area contributed by atoms with E-state index in [2.05, 4.69) is 15.5 Å². The molecule has 1 aromatic carbocycles. The Morgan fingerprint density at radius 2 is 2.29 bits per heavy atom. The van der Waals surface area contributed by atoms with Crippen LogP contribution in [0.3, 0.4) is 0 Å². The van der Waals surface area contributed by atoms with Crippen LogP contribution >= 0.6 is 0 Å². The molecule has 1 atom stereocenters. The lowest BCUT2D eigenvalue weighted by atomic mass is 10.0. The molecule has 7 heteroatoms. The maximum absolute atomic E-state index is 11.0. The van der Waals surface area contributed by atoms with Gasteiger partial charge in [-0.2, -0.15) is 4.98 Å². The first-order valence-corrected chi connectivity index (χ1v) is 6.98. The first kappa shape index (κ1) is 13.7. The van der Waals surface area contributed by atoms with Crippen molar-refractivity contribution in [1.29, 1.82) is 0 Å². The van der Waals surface area contributed by atoms with Crippen LogP contribution in [0.1, 0.15) is 36.7 Å². The van der Waals surface area contributed by atoms with Crippen LogP contribution in [0.15, 0.2) is 22.7 Å². The van der Waals surface area contributed by atoms with E-state index in [9.17, 15) is 10.1 Å². The summed E-state index contributed by atoms with van der Waals surface area (Å²) in [5.74, 6) is 0.953. The molecule has 0 bridgehead atoms. The molecule has 1 aliphatic rings. The summed E-state index contributed by atoms with van der Waals surface area (Å²) in [6.07, 6.45) is 3.27. The molecule has 3 rings (SSSR count). The maximum atomic E-state index is 11.0. The Kier molecular flexibility index (Phi) is 3.66. The van der Waals surface area contributed by atoms with Gasteiger partial charge in [-0.05, 0) is 32.4 Å². The van der Waals surface area contributed by atoms with Gasteiger partial charge < -0.3 is 9.84 Å². The zero-order chi connectivity index (χ0) is 14.8. The topological polar surface area (TPSA) is 94.1 Å². The Hall–Kier alpha value is -2.28. The summed E-state index contributed by atoms with van der Waals surface area (Å²) >= 11 is 0. The molecule has 0 aliphatic carbocycles. The number of nitrogens with zero attached hydrogens (tertiary/aromatic N) is 3. The molecule has 1 aliphatic heterocycles. The maximum Gasteiger partial charge on any atom is 0.273 e. The molecule has 1 aromatic heterocycles. The average molecular weight is 288 g/mol. The Labute approximate surface area is 121 Å². The number of aromatic nitrogens is 2. The van der Waals surface area contributed by atoms with Crippen molar-refractivity contribution in [2.24, 2.45) is 0 Å². The highest BCUT2D eigenvalue weighted by molar-refractivity contribution is 5.64. The predicted octanol–water partition coefficient (Wildman–Crippen LogP) is 2.77. The fraction of sp³-hybridized carbons (Fsp3) is 0.429. The number of hydrogen-bond acceptors (Lipinski definition) is 6. The highest BCUT2D eigenvalue weighted by atomic mass is 16.6. The van der Waals surface area contributed by atoms with Crippen molar-refractivity contribution < 1.29 is 9.45 Å². The van der Waals surface area contributed by atoms with Gasteiger partial charge >= 0.3 is 0 Å². The lowest BCUT2D eigenvalue weighted by Gasteiger charge is -2.19. The standard InChI is InChI=1S/C14H16N4O3/c1-9-10(5-4-7-12(9)18(19)20)14-16-13(17-21-14)11-6-2-3-8-15-11/h4-5,7,11,15H,2-3,6,8H2,1H3. The number of piperidine rings is 1. The predicted molar refractivity (Wildman–Crippen MR) is 75.7 cm³/mol. The summed E-state index contributed by atoms with van der Waals surface area (Å²) in [7, 11) is 0. The third-order valence-electron chi connectivity index (χ3n) is 3.80. The second kappa shape index (κ2) is 5.61. The van der Waals surface area contributed by atoms with Crippen LogP contribution in [-0.2, 0) is 0 Å². The molecule has 21 heavy (non-hydrogen) atoms. The minimum Gasteiger partial charge on any atom is -0.334 e. The Balaban J connectivity index is 1.93. The molecule has 1 unspecified atom stereocenters. The second-order valence-electron chi connectivity index (χ2n) is 5.17. The molecule has 1 N–H and O–H groups in total. The molecular formula is C14H16N4O3. The normalized spacial score (nSPS) is 18.6. The summed E-state index contributed by atoms with van der Waals surface area (Å²) in [5.41, 5.74) is 1.20. The van der Waals surface area contributed by atoms with Crippen LogP contribution in [-0.4, -0.2) is 21.6 Å². The third kappa shape index (κ3) is 2.64. The van der Waals surface area contributed by atoms with Gasteiger partial charge in [-0.1, -0.05) is 17.6 Å². The number of nitro groups is 1. The molecule has 2 heterocycles. The van der Waals surface area contributed by atoms with E-state index in [4.69, 9.17) is 4.52 Å². The van der Waals surface area contributed by atoms with Crippen LogP contribution in [0.5, 0.6) is 0 Å². The Morgan fingerprint density at radius 3 is 3.00 bits per heavy atom. The molecule has 1 fully saturated rings. The molecular weight excluding hydrogens is 272 g/mol. The van der Waals surface area contributed by atoms with E-state index >= 15 is 0 Å². The first-order chi connectivity index (χ1) is 10.2. The van der Waals surface area contributed by atoms with Gasteiger partial charge in [0.1, 0.15) is 0 Å². The molecule has 110 valence electrons. The number of nitrogens with one attached hydrogen (secondary N) is 1. The van der Waals surface area contributed by atoms with E-state index in [1.165, 1.54) is 6.07 Å². The fourth-order valence-electron chi connectivity index (χ4n) is 2.61. The van der Waals surface area contributed by atoms with Crippen molar-refractivity contribution in [1.82, 2.24) is 15.5 Å². The van der Waals surface area contributed by atoms with E-state index < -0.39 is 4.92 Å². The van der Waals surface area contributed by atoms with E-state index in [0.29, 0.717) is 22.8 Å². The number of rotatable bonds is 3. The van der Waals surface area contributed by atoms with E-state index in [0.717, 1.165) is 25.8 Å². The van der Waals surface area contributed by atoms with Crippen LogP contribution in [0.2, 0.25) is 0 Å². The number of nitro benzene ring substituents is 1. The highest BCUT2D eigenvalue weighted by Crippen LogP contribution is 2.30. The van der Waals surface area contributed by atoms with E-state index in [1.807, 2.05) is 0 Å². The van der Waals surface area contributed by atoms with Crippen molar-refractivity contribution >= 4 is 5.69 Å². The lowest BCUT2D eigenvalue weighted by Crippen LogP contribution is -2.27. The van der Waals surface area contributed by atoms with Gasteiger partial charge in [0.15, 0.2) is 5.82 Å². The quantitative estimate of drug-likeness (QED) is 0.689. The van der Waals surface area contributed by atoms with Crippen LogP contribution < -0.4 is 5.32 Å². The molecule has 0 amide bonds. The van der Waals surface area contributed by atoms with Crippen molar-refractivity contribution in [2.75, 3.05) is 6.54 Å². The monoisotopic (exact) mass is 288 g/mol. The SMILES string of the molecule is Cc1c(-c2nc(C3CCCCN3)no2)cccc1[N+](=O)[O-]. The lowest BCUT2D eigenvalue weighted by molar-refractivity contribution is -0.385. The van der Waals surface area contributed by atoms with Crippen molar-refractivity contribution in [3.8, 4) is 11.5 Å². The van der Waals surface area contributed by atoms with E-state index in [-0.39, 0.29) is 11.7 Å². The average Bonchev–Trinajstić information content (AvgIpc) is 2.98. The van der Waals surface area contributed by atoms with Crippen LogP contribution in [0.4, 0.5) is 5.69 Å². The summed E-state index contributed by atoms with van der Waals surface area (Å²) in [4.78, 5) is 15.0. The summed E-state index contributed by atoms with van der Waals surface area (Å²) in [6.45, 7) is 2.64. The van der Waals surface area contributed by atoms with Gasteiger partial charge in [0, 0.05) is 17.2 Å². The highest BCUT2D eigenvalue weighted by Gasteiger charge is 2.23. The molecule has 0 saturated carbocycles. The Bertz CT molecular complexity index is 662. The van der Waals surface area contributed by atoms with Crippen LogP contribution in [0.25, 0.3) is 11.5 Å². The first-order valence-electron chi connectivity index (χ1n) is 6.98. The fourth-order valence-corrected chi connectivity index (χ4v) is 2.61. The van der Waals surface area contributed by atoms with Crippen molar-refractivity contribution in [3.05, 3.63) is 39.7 Å². The van der Waals surface area contributed by atoms with Crippen molar-refractivity contribution in [3.63, 3.8) is 0 Å². The van der Waals surface area contributed by atoms with Gasteiger partial charge in [-0.3, -0.25) is 10.1 Å². The largest absolute Gasteiger partial charge is 0.334 e. The molecule has 1 saturated heterocycles. The smallest absolute Gasteiger partial charge is 0.273 e. The minimum absolute atomic E-state index is 0.0584. The third-order valence-corrected chi connectivity index (χ3v) is 3.80.